The van der Waals surface area contributed by atoms with Crippen LogP contribution >= 0.6 is 0 Å². The van der Waals surface area contributed by atoms with Crippen molar-refractivity contribution in [1.82, 2.24) is 9.62 Å². The summed E-state index contributed by atoms with van der Waals surface area (Å²) in [6.45, 7) is 1.38. The highest BCUT2D eigenvalue weighted by Crippen LogP contribution is 2.36. The van der Waals surface area contributed by atoms with Gasteiger partial charge in [-0.25, -0.2) is 8.42 Å². The number of hydrogen-bond donors (Lipinski definition) is 1. The van der Waals surface area contributed by atoms with E-state index in [-0.39, 0.29) is 5.75 Å². The zero-order valence-electron chi connectivity index (χ0n) is 11.7. The summed E-state index contributed by atoms with van der Waals surface area (Å²) < 4.78 is 26.9. The Morgan fingerprint density at radius 1 is 1.00 bits per heavy atom. The Labute approximate surface area is 117 Å². The van der Waals surface area contributed by atoms with Gasteiger partial charge in [0.1, 0.15) is 0 Å². The first kappa shape index (κ1) is 13.8. The standard InChI is InChI=1S/C14H26N2O2S/c17-19(18,11-9-15-13-7-8-13)16-10-3-5-12-4-1-2-6-14(12)16/h12-15H,1-11H2. The van der Waals surface area contributed by atoms with E-state index in [1.54, 1.807) is 0 Å². The highest BCUT2D eigenvalue weighted by Gasteiger charge is 2.39. The minimum absolute atomic E-state index is 0.284. The summed E-state index contributed by atoms with van der Waals surface area (Å²) in [6.07, 6.45) is 9.53. The van der Waals surface area contributed by atoms with Gasteiger partial charge >= 0.3 is 0 Å². The molecular weight excluding hydrogens is 260 g/mol. The molecule has 0 bridgehead atoms. The van der Waals surface area contributed by atoms with Crippen molar-refractivity contribution in [2.75, 3.05) is 18.8 Å². The summed E-state index contributed by atoms with van der Waals surface area (Å²) in [5.41, 5.74) is 0. The van der Waals surface area contributed by atoms with Crippen LogP contribution in [-0.2, 0) is 10.0 Å². The normalized spacial score (nSPS) is 33.1. The SMILES string of the molecule is O=S(=O)(CCNC1CC1)N1CCCC2CCCCC21. The molecule has 0 radical (unpaired) electrons. The predicted octanol–water partition coefficient (Wildman–Crippen LogP) is 1.72. The van der Waals surface area contributed by atoms with Crippen LogP contribution in [0.2, 0.25) is 0 Å². The van der Waals surface area contributed by atoms with E-state index >= 15 is 0 Å². The second-order valence-corrected chi connectivity index (χ2v) is 8.45. The van der Waals surface area contributed by atoms with E-state index in [1.807, 2.05) is 4.31 Å². The molecule has 2 atom stereocenters. The van der Waals surface area contributed by atoms with E-state index in [0.29, 0.717) is 24.5 Å². The molecule has 4 nitrogen and oxygen atoms in total. The number of rotatable bonds is 5. The quantitative estimate of drug-likeness (QED) is 0.837. The van der Waals surface area contributed by atoms with Crippen LogP contribution in [0.1, 0.15) is 51.4 Å². The molecule has 0 amide bonds. The van der Waals surface area contributed by atoms with E-state index in [1.165, 1.54) is 38.5 Å². The summed E-state index contributed by atoms with van der Waals surface area (Å²) in [4.78, 5) is 0. The largest absolute Gasteiger partial charge is 0.313 e. The molecule has 2 unspecified atom stereocenters. The van der Waals surface area contributed by atoms with Crippen molar-refractivity contribution < 1.29 is 8.42 Å². The van der Waals surface area contributed by atoms with Crippen LogP contribution in [-0.4, -0.2) is 43.6 Å². The maximum absolute atomic E-state index is 12.5. The third-order valence-corrected chi connectivity index (χ3v) is 6.81. The van der Waals surface area contributed by atoms with Crippen molar-refractivity contribution in [2.45, 2.75) is 63.5 Å². The van der Waals surface area contributed by atoms with Gasteiger partial charge in [0.2, 0.25) is 10.0 Å². The van der Waals surface area contributed by atoms with Crippen LogP contribution in [0.15, 0.2) is 0 Å². The fourth-order valence-electron chi connectivity index (χ4n) is 3.72. The molecule has 1 heterocycles. The lowest BCUT2D eigenvalue weighted by atomic mass is 9.79. The van der Waals surface area contributed by atoms with Gasteiger partial charge in [0, 0.05) is 25.2 Å². The van der Waals surface area contributed by atoms with Gasteiger partial charge in [0.25, 0.3) is 0 Å². The highest BCUT2D eigenvalue weighted by atomic mass is 32.2. The summed E-state index contributed by atoms with van der Waals surface area (Å²) in [6, 6.07) is 0.910. The zero-order chi connectivity index (χ0) is 13.3. The molecule has 1 aliphatic heterocycles. The lowest BCUT2D eigenvalue weighted by Gasteiger charge is -2.43. The Morgan fingerprint density at radius 3 is 2.53 bits per heavy atom. The molecule has 19 heavy (non-hydrogen) atoms. The van der Waals surface area contributed by atoms with Gasteiger partial charge < -0.3 is 5.32 Å². The van der Waals surface area contributed by atoms with Crippen LogP contribution in [0.3, 0.4) is 0 Å². The first-order chi connectivity index (χ1) is 9.17. The molecule has 3 aliphatic rings. The van der Waals surface area contributed by atoms with Gasteiger partial charge in [0.15, 0.2) is 0 Å². The molecule has 110 valence electrons. The first-order valence-electron chi connectivity index (χ1n) is 7.90. The fourth-order valence-corrected chi connectivity index (χ4v) is 5.43. The first-order valence-corrected chi connectivity index (χ1v) is 9.50. The van der Waals surface area contributed by atoms with Gasteiger partial charge in [-0.1, -0.05) is 12.8 Å². The van der Waals surface area contributed by atoms with E-state index in [2.05, 4.69) is 5.32 Å². The second-order valence-electron chi connectivity index (χ2n) is 6.41. The molecule has 3 rings (SSSR count). The minimum Gasteiger partial charge on any atom is -0.313 e. The number of nitrogens with one attached hydrogen (secondary N) is 1. The molecule has 5 heteroatoms. The molecule has 0 aromatic carbocycles. The minimum atomic E-state index is -3.05. The Hall–Kier alpha value is -0.130. The van der Waals surface area contributed by atoms with E-state index in [4.69, 9.17) is 0 Å². The zero-order valence-corrected chi connectivity index (χ0v) is 12.5. The average Bonchev–Trinajstić information content (AvgIpc) is 3.22. The third-order valence-electron chi connectivity index (χ3n) is 4.92. The van der Waals surface area contributed by atoms with Gasteiger partial charge in [-0.3, -0.25) is 0 Å². The third kappa shape index (κ3) is 3.31. The van der Waals surface area contributed by atoms with Crippen molar-refractivity contribution in [1.29, 1.82) is 0 Å². The number of hydrogen-bond acceptors (Lipinski definition) is 3. The molecule has 1 saturated heterocycles. The predicted molar refractivity (Wildman–Crippen MR) is 76.5 cm³/mol. The van der Waals surface area contributed by atoms with Crippen LogP contribution in [0.4, 0.5) is 0 Å². The Balaban J connectivity index is 1.60. The Kier molecular flexibility index (Phi) is 4.15. The molecule has 1 N–H and O–H groups in total. The summed E-state index contributed by atoms with van der Waals surface area (Å²) in [7, 11) is -3.05. The fraction of sp³-hybridized carbons (Fsp3) is 1.00. The molecule has 0 spiro atoms. The average molecular weight is 286 g/mol. The number of sulfonamides is 1. The Bertz CT molecular complexity index is 404. The highest BCUT2D eigenvalue weighted by molar-refractivity contribution is 7.89. The van der Waals surface area contributed by atoms with Crippen LogP contribution in [0.25, 0.3) is 0 Å². The number of fused-ring (bicyclic) bond motifs is 1. The summed E-state index contributed by atoms with van der Waals surface area (Å²) >= 11 is 0. The molecule has 0 aromatic rings. The van der Waals surface area contributed by atoms with E-state index < -0.39 is 10.0 Å². The van der Waals surface area contributed by atoms with Crippen molar-refractivity contribution in [3.05, 3.63) is 0 Å². The topological polar surface area (TPSA) is 49.4 Å². The smallest absolute Gasteiger partial charge is 0.215 e. The van der Waals surface area contributed by atoms with Crippen LogP contribution < -0.4 is 5.32 Å². The number of piperidine rings is 1. The van der Waals surface area contributed by atoms with Gasteiger partial charge in [-0.2, -0.15) is 4.31 Å². The molecule has 2 aliphatic carbocycles. The maximum Gasteiger partial charge on any atom is 0.215 e. The maximum atomic E-state index is 12.5. The van der Waals surface area contributed by atoms with E-state index in [9.17, 15) is 8.42 Å². The summed E-state index contributed by atoms with van der Waals surface area (Å²) in [5.74, 6) is 0.917. The molecule has 2 saturated carbocycles. The van der Waals surface area contributed by atoms with Crippen molar-refractivity contribution in [2.24, 2.45) is 5.92 Å². The van der Waals surface area contributed by atoms with E-state index in [0.717, 1.165) is 19.4 Å². The van der Waals surface area contributed by atoms with Crippen molar-refractivity contribution >= 4 is 10.0 Å². The lowest BCUT2D eigenvalue weighted by Crippen LogP contribution is -2.51. The van der Waals surface area contributed by atoms with Gasteiger partial charge in [0.05, 0.1) is 5.75 Å². The van der Waals surface area contributed by atoms with Crippen molar-refractivity contribution in [3.8, 4) is 0 Å². The van der Waals surface area contributed by atoms with Crippen LogP contribution in [0, 0.1) is 5.92 Å². The lowest BCUT2D eigenvalue weighted by molar-refractivity contribution is 0.129. The van der Waals surface area contributed by atoms with Crippen LogP contribution in [0.5, 0.6) is 0 Å². The second kappa shape index (κ2) is 5.70. The molecular formula is C14H26N2O2S. The summed E-state index contributed by atoms with van der Waals surface area (Å²) in [5, 5.41) is 3.32. The van der Waals surface area contributed by atoms with Gasteiger partial charge in [-0.05, 0) is 44.4 Å². The molecule has 0 aromatic heterocycles. The monoisotopic (exact) mass is 286 g/mol. The molecule has 3 fully saturated rings. The Morgan fingerprint density at radius 2 is 1.74 bits per heavy atom. The van der Waals surface area contributed by atoms with Crippen molar-refractivity contribution in [3.63, 3.8) is 0 Å². The van der Waals surface area contributed by atoms with Gasteiger partial charge in [-0.15, -0.1) is 0 Å². The number of nitrogens with zero attached hydrogens (tertiary/aromatic N) is 1.